The molecule has 0 aromatic heterocycles. The maximum Gasteiger partial charge on any atom is 0.0973 e. The summed E-state index contributed by atoms with van der Waals surface area (Å²) in [6.45, 7) is 8.19. The third kappa shape index (κ3) is 8.43. The van der Waals surface area contributed by atoms with Gasteiger partial charge in [-0.3, -0.25) is 10.4 Å². The first-order valence-electron chi connectivity index (χ1n) is 11.1. The quantitative estimate of drug-likeness (QED) is 0.233. The van der Waals surface area contributed by atoms with Gasteiger partial charge in [0.1, 0.15) is 0 Å². The molecule has 3 atom stereocenters. The van der Waals surface area contributed by atoms with Gasteiger partial charge in [0.2, 0.25) is 0 Å². The van der Waals surface area contributed by atoms with Gasteiger partial charge in [-0.25, -0.2) is 0 Å². The van der Waals surface area contributed by atoms with Gasteiger partial charge in [0.25, 0.3) is 0 Å². The van der Waals surface area contributed by atoms with E-state index in [0.29, 0.717) is 37.1 Å². The van der Waals surface area contributed by atoms with Crippen LogP contribution in [0.25, 0.3) is 0 Å². The molecule has 0 saturated carbocycles. The average molecular weight is 395 g/mol. The van der Waals surface area contributed by atoms with E-state index >= 15 is 0 Å². The summed E-state index contributed by atoms with van der Waals surface area (Å²) in [6.07, 6.45) is 7.23. The lowest BCUT2D eigenvalue weighted by Gasteiger charge is -2.33. The Bertz CT molecular complexity index is 459. The van der Waals surface area contributed by atoms with Gasteiger partial charge in [0.05, 0.1) is 17.7 Å². The van der Waals surface area contributed by atoms with Crippen LogP contribution >= 0.6 is 0 Å². The Kier molecular flexibility index (Phi) is 10.8. The predicted molar refractivity (Wildman–Crippen MR) is 118 cm³/mol. The molecule has 0 aromatic rings. The lowest BCUT2D eigenvalue weighted by Crippen LogP contribution is -2.50. The Morgan fingerprint density at radius 1 is 1.14 bits per heavy atom. The highest BCUT2D eigenvalue weighted by Gasteiger charge is 2.23. The van der Waals surface area contributed by atoms with Gasteiger partial charge in [0.15, 0.2) is 0 Å². The predicted octanol–water partition coefficient (Wildman–Crippen LogP) is 0.234. The fraction of sp³-hybridized carbons (Fsp3) is 0.900. The molecule has 3 unspecified atom stereocenters. The normalized spacial score (nSPS) is 26.1. The number of nitrogens with zero attached hydrogens (tertiary/aromatic N) is 2. The summed E-state index contributed by atoms with van der Waals surface area (Å²) < 4.78 is 0. The van der Waals surface area contributed by atoms with Crippen molar-refractivity contribution < 1.29 is 0 Å². The van der Waals surface area contributed by atoms with Crippen molar-refractivity contribution in [3.05, 3.63) is 0 Å². The maximum atomic E-state index is 8.51. The van der Waals surface area contributed by atoms with Crippen LogP contribution in [0.5, 0.6) is 0 Å². The van der Waals surface area contributed by atoms with Crippen molar-refractivity contribution in [2.45, 2.75) is 70.0 Å². The molecule has 0 spiro atoms. The summed E-state index contributed by atoms with van der Waals surface area (Å²) in [5.74, 6) is 1.77. The molecule has 162 valence electrons. The molecule has 0 amide bonds. The largest absolute Gasteiger partial charge is 0.370 e. The van der Waals surface area contributed by atoms with Gasteiger partial charge in [-0.2, -0.15) is 0 Å². The first-order valence-corrected chi connectivity index (χ1v) is 11.1. The topological polar surface area (TPSA) is 128 Å². The maximum absolute atomic E-state index is 8.51. The summed E-state index contributed by atoms with van der Waals surface area (Å²) in [4.78, 5) is 6.99. The van der Waals surface area contributed by atoms with E-state index in [9.17, 15) is 0 Å². The number of nitrogens with two attached hydrogens (primary N) is 2. The Hall–Kier alpha value is -1.22. The van der Waals surface area contributed by atoms with Gasteiger partial charge in [0, 0.05) is 44.7 Å². The Morgan fingerprint density at radius 3 is 2.46 bits per heavy atom. The van der Waals surface area contributed by atoms with E-state index in [2.05, 4.69) is 27.8 Å². The van der Waals surface area contributed by atoms with Gasteiger partial charge in [-0.15, -0.1) is 0 Å². The smallest absolute Gasteiger partial charge is 0.0973 e. The number of amidine groups is 2. The van der Waals surface area contributed by atoms with Crippen molar-refractivity contribution >= 4 is 11.7 Å². The standard InChI is InChI=1S/C20H42N8/c1-16(26-18-5-2-10-24-14-18)27-19-7-6-17(25-15-19)13-20(23)28(11-3-8-21)12-4-9-22/h17-19,23-25H,2-15,21-22H2,1H3,(H,26,27). The zero-order chi connectivity index (χ0) is 20.2. The van der Waals surface area contributed by atoms with Crippen molar-refractivity contribution in [3.8, 4) is 0 Å². The van der Waals surface area contributed by atoms with E-state index in [0.717, 1.165) is 70.7 Å². The second-order valence-corrected chi connectivity index (χ2v) is 8.16. The van der Waals surface area contributed by atoms with Crippen LogP contribution in [0.4, 0.5) is 0 Å². The summed E-state index contributed by atoms with van der Waals surface area (Å²) in [5, 5.41) is 19.1. The molecule has 0 radical (unpaired) electrons. The number of hydrogen-bond acceptors (Lipinski definition) is 6. The minimum absolute atomic E-state index is 0.378. The number of aliphatic imine (C=N–C) groups is 1. The molecule has 2 aliphatic rings. The van der Waals surface area contributed by atoms with E-state index in [4.69, 9.17) is 21.9 Å². The lowest BCUT2D eigenvalue weighted by atomic mass is 9.97. The molecule has 0 aliphatic carbocycles. The van der Waals surface area contributed by atoms with Crippen LogP contribution in [0.2, 0.25) is 0 Å². The van der Waals surface area contributed by atoms with Crippen LogP contribution in [0, 0.1) is 5.41 Å². The van der Waals surface area contributed by atoms with Crippen LogP contribution in [-0.2, 0) is 0 Å². The molecule has 2 rings (SSSR count). The lowest BCUT2D eigenvalue weighted by molar-refractivity contribution is 0.336. The number of nitrogens with one attached hydrogen (secondary N) is 4. The molecule has 2 aliphatic heterocycles. The van der Waals surface area contributed by atoms with Crippen molar-refractivity contribution in [1.29, 1.82) is 5.41 Å². The Balaban J connectivity index is 1.71. The molecule has 2 heterocycles. The van der Waals surface area contributed by atoms with E-state index in [1.807, 2.05) is 0 Å². The summed E-state index contributed by atoms with van der Waals surface area (Å²) in [6, 6.07) is 1.22. The van der Waals surface area contributed by atoms with Gasteiger partial charge in [-0.1, -0.05) is 0 Å². The van der Waals surface area contributed by atoms with Crippen LogP contribution in [0.3, 0.4) is 0 Å². The van der Waals surface area contributed by atoms with Gasteiger partial charge < -0.3 is 32.3 Å². The molecular weight excluding hydrogens is 352 g/mol. The molecule has 2 saturated heterocycles. The second-order valence-electron chi connectivity index (χ2n) is 8.16. The molecule has 2 fully saturated rings. The van der Waals surface area contributed by atoms with E-state index in [-0.39, 0.29) is 0 Å². The fourth-order valence-corrected chi connectivity index (χ4v) is 4.07. The van der Waals surface area contributed by atoms with Crippen LogP contribution in [0.1, 0.15) is 51.9 Å². The minimum Gasteiger partial charge on any atom is -0.370 e. The third-order valence-corrected chi connectivity index (χ3v) is 5.66. The van der Waals surface area contributed by atoms with Crippen LogP contribution in [-0.4, -0.2) is 80.5 Å². The molecule has 28 heavy (non-hydrogen) atoms. The number of rotatable bonds is 10. The third-order valence-electron chi connectivity index (χ3n) is 5.66. The van der Waals surface area contributed by atoms with Gasteiger partial charge in [-0.05, 0) is 65.1 Å². The Labute approximate surface area is 170 Å². The van der Waals surface area contributed by atoms with Gasteiger partial charge >= 0.3 is 0 Å². The molecule has 0 bridgehead atoms. The molecule has 8 nitrogen and oxygen atoms in total. The zero-order valence-electron chi connectivity index (χ0n) is 17.7. The fourth-order valence-electron chi connectivity index (χ4n) is 4.07. The first kappa shape index (κ1) is 23.1. The van der Waals surface area contributed by atoms with Crippen LogP contribution in [0.15, 0.2) is 4.99 Å². The van der Waals surface area contributed by atoms with Crippen molar-refractivity contribution in [2.24, 2.45) is 16.5 Å². The van der Waals surface area contributed by atoms with Crippen molar-refractivity contribution in [1.82, 2.24) is 20.9 Å². The molecular formula is C20H42N8. The summed E-state index contributed by atoms with van der Waals surface area (Å²) in [7, 11) is 0. The van der Waals surface area contributed by atoms with E-state index in [1.165, 1.54) is 12.8 Å². The van der Waals surface area contributed by atoms with E-state index < -0.39 is 0 Å². The highest BCUT2D eigenvalue weighted by atomic mass is 15.2. The zero-order valence-corrected chi connectivity index (χ0v) is 17.7. The molecule has 8 heteroatoms. The van der Waals surface area contributed by atoms with Crippen molar-refractivity contribution in [2.75, 3.05) is 45.8 Å². The van der Waals surface area contributed by atoms with Crippen molar-refractivity contribution in [3.63, 3.8) is 0 Å². The molecule has 8 N–H and O–H groups in total. The summed E-state index contributed by atoms with van der Waals surface area (Å²) in [5.41, 5.74) is 11.3. The average Bonchev–Trinajstić information content (AvgIpc) is 2.70. The first-order chi connectivity index (χ1) is 13.6. The highest BCUT2D eigenvalue weighted by molar-refractivity contribution is 5.80. The number of hydrogen-bond donors (Lipinski definition) is 6. The van der Waals surface area contributed by atoms with E-state index in [1.54, 1.807) is 0 Å². The minimum atomic E-state index is 0.378. The SMILES string of the molecule is C/C(=N\C1CCCNC1)NC1CCC(CC(=N)N(CCCN)CCCN)NC1. The summed E-state index contributed by atoms with van der Waals surface area (Å²) >= 11 is 0. The highest BCUT2D eigenvalue weighted by Crippen LogP contribution is 2.14. The second kappa shape index (κ2) is 13.1. The Morgan fingerprint density at radius 2 is 1.89 bits per heavy atom. The number of piperidine rings is 2. The van der Waals surface area contributed by atoms with Crippen LogP contribution < -0.4 is 27.4 Å². The monoisotopic (exact) mass is 394 g/mol. The molecule has 0 aromatic carbocycles.